The Bertz CT molecular complexity index is 945. The SMILES string of the molecule is Cc1nc(-c2ccc(OCC(=O)Nc3ccc(N4CCCCC4)cc3)cc2)no1. The summed E-state index contributed by atoms with van der Waals surface area (Å²) in [6.45, 7) is 3.89. The summed E-state index contributed by atoms with van der Waals surface area (Å²) in [6, 6.07) is 15.2. The number of ether oxygens (including phenoxy) is 1. The number of carbonyl (C=O) groups is 1. The zero-order chi connectivity index (χ0) is 20.1. The molecule has 3 aromatic rings. The number of hydrogen-bond donors (Lipinski definition) is 1. The number of rotatable bonds is 6. The van der Waals surface area contributed by atoms with E-state index in [1.165, 1.54) is 24.9 Å². The molecule has 0 bridgehead atoms. The summed E-state index contributed by atoms with van der Waals surface area (Å²) in [6.07, 6.45) is 3.79. The standard InChI is InChI=1S/C22H24N4O3/c1-16-23-22(25-29-16)17-5-11-20(12-6-17)28-15-21(27)24-18-7-9-19(10-8-18)26-13-3-2-4-14-26/h5-12H,2-4,13-15H2,1H3,(H,24,27). The van der Waals surface area contributed by atoms with Crippen molar-refractivity contribution in [2.45, 2.75) is 26.2 Å². The average Bonchev–Trinajstić information content (AvgIpc) is 3.20. The van der Waals surface area contributed by atoms with Gasteiger partial charge in [0.1, 0.15) is 5.75 Å². The molecule has 1 amide bonds. The fourth-order valence-electron chi connectivity index (χ4n) is 3.37. The highest BCUT2D eigenvalue weighted by molar-refractivity contribution is 5.92. The maximum absolute atomic E-state index is 12.2. The summed E-state index contributed by atoms with van der Waals surface area (Å²) < 4.78 is 10.5. The van der Waals surface area contributed by atoms with Crippen LogP contribution in [0.2, 0.25) is 0 Å². The van der Waals surface area contributed by atoms with Crippen LogP contribution in [-0.4, -0.2) is 35.7 Å². The monoisotopic (exact) mass is 392 g/mol. The molecule has 150 valence electrons. The molecular formula is C22H24N4O3. The molecule has 1 aliphatic rings. The average molecular weight is 392 g/mol. The molecular weight excluding hydrogens is 368 g/mol. The van der Waals surface area contributed by atoms with E-state index in [9.17, 15) is 4.79 Å². The van der Waals surface area contributed by atoms with Gasteiger partial charge in [-0.2, -0.15) is 4.98 Å². The van der Waals surface area contributed by atoms with Crippen molar-refractivity contribution in [3.63, 3.8) is 0 Å². The number of piperidine rings is 1. The van der Waals surface area contributed by atoms with Gasteiger partial charge in [0.05, 0.1) is 0 Å². The largest absolute Gasteiger partial charge is 0.484 e. The number of aryl methyl sites for hydroxylation is 1. The topological polar surface area (TPSA) is 80.5 Å². The first-order valence-corrected chi connectivity index (χ1v) is 9.86. The minimum absolute atomic E-state index is 0.0610. The molecule has 1 fully saturated rings. The Morgan fingerprint density at radius 2 is 1.79 bits per heavy atom. The van der Waals surface area contributed by atoms with Crippen molar-refractivity contribution in [3.8, 4) is 17.1 Å². The molecule has 2 heterocycles. The van der Waals surface area contributed by atoms with E-state index in [2.05, 4.69) is 32.5 Å². The molecule has 4 rings (SSSR count). The number of carbonyl (C=O) groups excluding carboxylic acids is 1. The summed E-state index contributed by atoms with van der Waals surface area (Å²) in [5.41, 5.74) is 2.80. The predicted molar refractivity (Wildman–Crippen MR) is 111 cm³/mol. The van der Waals surface area contributed by atoms with Crippen LogP contribution in [-0.2, 0) is 4.79 Å². The highest BCUT2D eigenvalue weighted by Gasteiger charge is 2.11. The Kier molecular flexibility index (Phi) is 5.74. The Hall–Kier alpha value is -3.35. The van der Waals surface area contributed by atoms with Crippen LogP contribution in [0.5, 0.6) is 5.75 Å². The summed E-state index contributed by atoms with van der Waals surface area (Å²) in [7, 11) is 0. The second-order valence-electron chi connectivity index (χ2n) is 7.09. The predicted octanol–water partition coefficient (Wildman–Crippen LogP) is 4.05. The lowest BCUT2D eigenvalue weighted by Gasteiger charge is -2.28. The van der Waals surface area contributed by atoms with E-state index in [1.807, 2.05) is 24.3 Å². The molecule has 1 N–H and O–H groups in total. The van der Waals surface area contributed by atoms with Crippen LogP contribution in [0, 0.1) is 6.92 Å². The van der Waals surface area contributed by atoms with Crippen molar-refractivity contribution in [1.82, 2.24) is 10.1 Å². The maximum Gasteiger partial charge on any atom is 0.262 e. The Morgan fingerprint density at radius 1 is 1.07 bits per heavy atom. The molecule has 7 heteroatoms. The van der Waals surface area contributed by atoms with Crippen LogP contribution in [0.4, 0.5) is 11.4 Å². The number of amides is 1. The molecule has 0 radical (unpaired) electrons. The lowest BCUT2D eigenvalue weighted by molar-refractivity contribution is -0.118. The summed E-state index contributed by atoms with van der Waals surface area (Å²) in [4.78, 5) is 18.8. The Balaban J connectivity index is 1.27. The van der Waals surface area contributed by atoms with Crippen LogP contribution in [0.15, 0.2) is 53.1 Å². The molecule has 0 spiro atoms. The van der Waals surface area contributed by atoms with Gasteiger partial charge in [0, 0.05) is 37.0 Å². The van der Waals surface area contributed by atoms with Gasteiger partial charge >= 0.3 is 0 Å². The van der Waals surface area contributed by atoms with E-state index in [0.29, 0.717) is 17.5 Å². The van der Waals surface area contributed by atoms with Crippen molar-refractivity contribution < 1.29 is 14.1 Å². The van der Waals surface area contributed by atoms with Crippen LogP contribution in [0.25, 0.3) is 11.4 Å². The zero-order valence-corrected chi connectivity index (χ0v) is 16.4. The first kappa shape index (κ1) is 19.0. The van der Waals surface area contributed by atoms with Crippen LogP contribution in [0.3, 0.4) is 0 Å². The van der Waals surface area contributed by atoms with E-state index in [1.54, 1.807) is 19.1 Å². The number of hydrogen-bond acceptors (Lipinski definition) is 6. The molecule has 2 aromatic carbocycles. The lowest BCUT2D eigenvalue weighted by atomic mass is 10.1. The summed E-state index contributed by atoms with van der Waals surface area (Å²) in [5.74, 6) is 1.44. The van der Waals surface area contributed by atoms with Gasteiger partial charge in [0.15, 0.2) is 6.61 Å². The van der Waals surface area contributed by atoms with Crippen molar-refractivity contribution in [1.29, 1.82) is 0 Å². The fraction of sp³-hybridized carbons (Fsp3) is 0.318. The highest BCUT2D eigenvalue weighted by Crippen LogP contribution is 2.22. The summed E-state index contributed by atoms with van der Waals surface area (Å²) >= 11 is 0. The molecule has 1 saturated heterocycles. The number of anilines is 2. The normalized spacial score (nSPS) is 13.9. The van der Waals surface area contributed by atoms with Crippen LogP contribution < -0.4 is 15.0 Å². The maximum atomic E-state index is 12.2. The van der Waals surface area contributed by atoms with Crippen LogP contribution in [0.1, 0.15) is 25.2 Å². The molecule has 29 heavy (non-hydrogen) atoms. The smallest absolute Gasteiger partial charge is 0.262 e. The Labute approximate surface area is 169 Å². The van der Waals surface area contributed by atoms with Gasteiger partial charge in [-0.1, -0.05) is 5.16 Å². The number of nitrogens with one attached hydrogen (secondary N) is 1. The molecule has 1 aliphatic heterocycles. The number of aromatic nitrogens is 2. The van der Waals surface area contributed by atoms with E-state index in [-0.39, 0.29) is 12.5 Å². The van der Waals surface area contributed by atoms with Crippen molar-refractivity contribution in [2.24, 2.45) is 0 Å². The van der Waals surface area contributed by atoms with Crippen molar-refractivity contribution >= 4 is 17.3 Å². The van der Waals surface area contributed by atoms with Gasteiger partial charge in [-0.05, 0) is 67.8 Å². The Morgan fingerprint density at radius 3 is 2.45 bits per heavy atom. The second-order valence-corrected chi connectivity index (χ2v) is 7.09. The molecule has 0 saturated carbocycles. The van der Waals surface area contributed by atoms with Gasteiger partial charge < -0.3 is 19.5 Å². The number of benzene rings is 2. The van der Waals surface area contributed by atoms with Gasteiger partial charge in [-0.25, -0.2) is 0 Å². The molecule has 0 aliphatic carbocycles. The van der Waals surface area contributed by atoms with E-state index in [4.69, 9.17) is 9.26 Å². The van der Waals surface area contributed by atoms with Gasteiger partial charge in [-0.15, -0.1) is 0 Å². The first-order chi connectivity index (χ1) is 14.2. The highest BCUT2D eigenvalue weighted by atomic mass is 16.5. The van der Waals surface area contributed by atoms with Crippen molar-refractivity contribution in [2.75, 3.05) is 29.9 Å². The third-order valence-electron chi connectivity index (χ3n) is 4.88. The molecule has 0 unspecified atom stereocenters. The fourth-order valence-corrected chi connectivity index (χ4v) is 3.37. The second kappa shape index (κ2) is 8.77. The van der Waals surface area contributed by atoms with Crippen LogP contribution >= 0.6 is 0 Å². The van der Waals surface area contributed by atoms with Gasteiger partial charge in [0.2, 0.25) is 11.7 Å². The lowest BCUT2D eigenvalue weighted by Crippen LogP contribution is -2.29. The minimum atomic E-state index is -0.200. The van der Waals surface area contributed by atoms with Gasteiger partial charge in [0.25, 0.3) is 5.91 Å². The van der Waals surface area contributed by atoms with Crippen molar-refractivity contribution in [3.05, 3.63) is 54.4 Å². The summed E-state index contributed by atoms with van der Waals surface area (Å²) in [5, 5.41) is 6.75. The number of nitrogens with zero attached hydrogens (tertiary/aromatic N) is 3. The minimum Gasteiger partial charge on any atom is -0.484 e. The molecule has 0 atom stereocenters. The molecule has 7 nitrogen and oxygen atoms in total. The van der Waals surface area contributed by atoms with E-state index in [0.717, 1.165) is 24.3 Å². The third-order valence-corrected chi connectivity index (χ3v) is 4.88. The van der Waals surface area contributed by atoms with Gasteiger partial charge in [-0.3, -0.25) is 4.79 Å². The van der Waals surface area contributed by atoms with E-state index >= 15 is 0 Å². The first-order valence-electron chi connectivity index (χ1n) is 9.86. The quantitative estimate of drug-likeness (QED) is 0.682. The zero-order valence-electron chi connectivity index (χ0n) is 16.4. The molecule has 1 aromatic heterocycles. The van der Waals surface area contributed by atoms with E-state index < -0.39 is 0 Å². The third kappa shape index (κ3) is 4.93.